The number of carbonyl (C=O) groups excluding carboxylic acids is 1. The van der Waals surface area contributed by atoms with Crippen LogP contribution in [0, 0.1) is 5.92 Å². The van der Waals surface area contributed by atoms with Gasteiger partial charge in [0.05, 0.1) is 17.1 Å². The summed E-state index contributed by atoms with van der Waals surface area (Å²) in [5.41, 5.74) is 3.47. The maximum absolute atomic E-state index is 12.1. The quantitative estimate of drug-likeness (QED) is 0.782. The van der Waals surface area contributed by atoms with E-state index in [2.05, 4.69) is 61.0 Å². The van der Waals surface area contributed by atoms with Crippen molar-refractivity contribution >= 4 is 16.9 Å². The number of hydrogen-bond donors (Lipinski definition) is 1. The van der Waals surface area contributed by atoms with Crippen LogP contribution >= 0.6 is 0 Å². The SMILES string of the molecule is CNC(=O)[C@H](C[C@H](C)Cc1nc2cc(CN(C)C)ccc2n1C)N(C)C. The summed E-state index contributed by atoms with van der Waals surface area (Å²) in [4.78, 5) is 21.1. The number of carbonyl (C=O) groups is 1. The standard InChI is InChI=1S/C20H33N5O/c1-14(10-18(24(5)6)20(26)21-2)11-19-22-16-12-15(13-23(3)4)8-9-17(16)25(19)7/h8-9,12,14,18H,10-11,13H2,1-7H3,(H,21,26)/t14-,18-/m0/s1. The van der Waals surface area contributed by atoms with E-state index in [1.54, 1.807) is 7.05 Å². The number of aromatic nitrogens is 2. The largest absolute Gasteiger partial charge is 0.358 e. The summed E-state index contributed by atoms with van der Waals surface area (Å²) in [5, 5.41) is 2.76. The summed E-state index contributed by atoms with van der Waals surface area (Å²) in [7, 11) is 11.8. The lowest BCUT2D eigenvalue weighted by atomic mass is 9.97. The normalized spacial score (nSPS) is 14.2. The van der Waals surface area contributed by atoms with Crippen molar-refractivity contribution < 1.29 is 4.79 Å². The Hall–Kier alpha value is -1.92. The van der Waals surface area contributed by atoms with Crippen molar-refractivity contribution in [2.24, 2.45) is 13.0 Å². The molecule has 0 saturated heterocycles. The van der Waals surface area contributed by atoms with Gasteiger partial charge in [0.15, 0.2) is 0 Å². The summed E-state index contributed by atoms with van der Waals surface area (Å²) in [6.07, 6.45) is 1.66. The Morgan fingerprint density at radius 1 is 1.27 bits per heavy atom. The molecular weight excluding hydrogens is 326 g/mol. The van der Waals surface area contributed by atoms with Crippen molar-refractivity contribution in [1.82, 2.24) is 24.7 Å². The van der Waals surface area contributed by atoms with Crippen molar-refractivity contribution in [3.8, 4) is 0 Å². The second-order valence-electron chi connectivity index (χ2n) is 7.79. The molecule has 144 valence electrons. The zero-order chi connectivity index (χ0) is 19.4. The van der Waals surface area contributed by atoms with E-state index < -0.39 is 0 Å². The molecule has 0 unspecified atom stereocenters. The minimum absolute atomic E-state index is 0.0696. The molecule has 0 radical (unpaired) electrons. The fourth-order valence-corrected chi connectivity index (χ4v) is 3.44. The second-order valence-corrected chi connectivity index (χ2v) is 7.79. The molecule has 0 aliphatic carbocycles. The highest BCUT2D eigenvalue weighted by molar-refractivity contribution is 5.81. The van der Waals surface area contributed by atoms with Crippen LogP contribution in [0.25, 0.3) is 11.0 Å². The summed E-state index contributed by atoms with van der Waals surface area (Å²) in [6.45, 7) is 3.10. The van der Waals surface area contributed by atoms with Gasteiger partial charge in [-0.3, -0.25) is 9.69 Å². The third-order valence-corrected chi connectivity index (χ3v) is 4.87. The van der Waals surface area contributed by atoms with Crippen molar-refractivity contribution in [2.45, 2.75) is 32.4 Å². The van der Waals surface area contributed by atoms with Crippen LogP contribution in [-0.2, 0) is 24.8 Å². The first-order valence-corrected chi connectivity index (χ1v) is 9.19. The van der Waals surface area contributed by atoms with Gasteiger partial charge in [-0.1, -0.05) is 13.0 Å². The van der Waals surface area contributed by atoms with Crippen LogP contribution in [0.1, 0.15) is 24.7 Å². The van der Waals surface area contributed by atoms with Gasteiger partial charge >= 0.3 is 0 Å². The minimum atomic E-state index is -0.114. The molecule has 26 heavy (non-hydrogen) atoms. The zero-order valence-electron chi connectivity index (χ0n) is 17.2. The van der Waals surface area contributed by atoms with E-state index in [0.717, 1.165) is 36.2 Å². The van der Waals surface area contributed by atoms with E-state index in [-0.39, 0.29) is 11.9 Å². The highest BCUT2D eigenvalue weighted by atomic mass is 16.2. The molecule has 1 aromatic carbocycles. The molecule has 2 atom stereocenters. The van der Waals surface area contributed by atoms with E-state index in [1.807, 2.05) is 19.0 Å². The molecular formula is C20H33N5O. The molecule has 0 bridgehead atoms. The van der Waals surface area contributed by atoms with Crippen LogP contribution in [0.15, 0.2) is 18.2 Å². The van der Waals surface area contributed by atoms with Crippen molar-refractivity contribution in [2.75, 3.05) is 35.2 Å². The number of amides is 1. The van der Waals surface area contributed by atoms with Gasteiger partial charge in [0, 0.05) is 27.1 Å². The average molecular weight is 360 g/mol. The van der Waals surface area contributed by atoms with Gasteiger partial charge in [0.2, 0.25) is 5.91 Å². The summed E-state index contributed by atoms with van der Waals surface area (Å²) in [6, 6.07) is 6.39. The van der Waals surface area contributed by atoms with Gasteiger partial charge in [-0.05, 0) is 58.2 Å². The molecule has 0 aliphatic rings. The molecule has 0 aliphatic heterocycles. The van der Waals surface area contributed by atoms with Crippen LogP contribution in [0.4, 0.5) is 0 Å². The molecule has 2 aromatic rings. The first kappa shape index (κ1) is 20.4. The van der Waals surface area contributed by atoms with Crippen molar-refractivity contribution in [1.29, 1.82) is 0 Å². The Balaban J connectivity index is 2.16. The summed E-state index contributed by atoms with van der Waals surface area (Å²) >= 11 is 0. The molecule has 1 amide bonds. The van der Waals surface area contributed by atoms with Crippen LogP contribution in [0.2, 0.25) is 0 Å². The summed E-state index contributed by atoms with van der Waals surface area (Å²) in [5.74, 6) is 1.50. The average Bonchev–Trinajstić information content (AvgIpc) is 2.86. The fourth-order valence-electron chi connectivity index (χ4n) is 3.44. The predicted molar refractivity (Wildman–Crippen MR) is 107 cm³/mol. The lowest BCUT2D eigenvalue weighted by molar-refractivity contribution is -0.125. The Kier molecular flexibility index (Phi) is 6.78. The van der Waals surface area contributed by atoms with E-state index in [4.69, 9.17) is 4.98 Å². The minimum Gasteiger partial charge on any atom is -0.358 e. The first-order valence-electron chi connectivity index (χ1n) is 9.19. The molecule has 0 saturated carbocycles. The highest BCUT2D eigenvalue weighted by Gasteiger charge is 2.23. The summed E-state index contributed by atoms with van der Waals surface area (Å²) < 4.78 is 2.18. The lowest BCUT2D eigenvalue weighted by Gasteiger charge is -2.25. The van der Waals surface area contributed by atoms with Gasteiger partial charge in [0.25, 0.3) is 0 Å². The van der Waals surface area contributed by atoms with Gasteiger partial charge in [0.1, 0.15) is 5.82 Å². The molecule has 0 fully saturated rings. The van der Waals surface area contributed by atoms with Gasteiger partial charge in [-0.15, -0.1) is 0 Å². The smallest absolute Gasteiger partial charge is 0.237 e. The number of rotatable bonds is 8. The molecule has 6 heteroatoms. The van der Waals surface area contributed by atoms with Gasteiger partial charge < -0.3 is 14.8 Å². The highest BCUT2D eigenvalue weighted by Crippen LogP contribution is 2.21. The van der Waals surface area contributed by atoms with Crippen LogP contribution < -0.4 is 5.32 Å². The van der Waals surface area contributed by atoms with Crippen molar-refractivity contribution in [3.05, 3.63) is 29.6 Å². The number of likely N-dealkylation sites (N-methyl/N-ethyl adjacent to an activating group) is 2. The maximum Gasteiger partial charge on any atom is 0.237 e. The predicted octanol–water partition coefficient (Wildman–Crippen LogP) is 1.88. The zero-order valence-corrected chi connectivity index (χ0v) is 17.2. The van der Waals surface area contributed by atoms with Gasteiger partial charge in [-0.2, -0.15) is 0 Å². The van der Waals surface area contributed by atoms with Crippen LogP contribution in [0.3, 0.4) is 0 Å². The number of nitrogens with one attached hydrogen (secondary N) is 1. The second kappa shape index (κ2) is 8.64. The number of imidazole rings is 1. The Bertz CT molecular complexity index is 750. The molecule has 1 aromatic heterocycles. The Labute approximate surface area is 157 Å². The van der Waals surface area contributed by atoms with E-state index in [9.17, 15) is 4.79 Å². The number of fused-ring (bicyclic) bond motifs is 1. The molecule has 6 nitrogen and oxygen atoms in total. The van der Waals surface area contributed by atoms with Crippen LogP contribution in [-0.4, -0.2) is 66.5 Å². The first-order chi connectivity index (χ1) is 12.2. The topological polar surface area (TPSA) is 53.4 Å². The fraction of sp³-hybridized carbons (Fsp3) is 0.600. The Morgan fingerprint density at radius 2 is 1.96 bits per heavy atom. The van der Waals surface area contributed by atoms with Gasteiger partial charge in [-0.25, -0.2) is 4.98 Å². The van der Waals surface area contributed by atoms with E-state index in [0.29, 0.717) is 5.92 Å². The third-order valence-electron chi connectivity index (χ3n) is 4.87. The Morgan fingerprint density at radius 3 is 2.54 bits per heavy atom. The van der Waals surface area contributed by atoms with Crippen LogP contribution in [0.5, 0.6) is 0 Å². The number of hydrogen-bond acceptors (Lipinski definition) is 4. The third kappa shape index (κ3) is 4.83. The molecule has 2 rings (SSSR count). The number of aryl methyl sites for hydroxylation is 1. The lowest BCUT2D eigenvalue weighted by Crippen LogP contribution is -2.43. The number of benzene rings is 1. The molecule has 1 heterocycles. The van der Waals surface area contributed by atoms with Crippen molar-refractivity contribution in [3.63, 3.8) is 0 Å². The molecule has 0 spiro atoms. The monoisotopic (exact) mass is 359 g/mol. The maximum atomic E-state index is 12.1. The van der Waals surface area contributed by atoms with E-state index in [1.165, 1.54) is 5.56 Å². The molecule has 1 N–H and O–H groups in total. The number of nitrogens with zero attached hydrogens (tertiary/aromatic N) is 4. The van der Waals surface area contributed by atoms with E-state index >= 15 is 0 Å².